The molecule has 1 aromatic rings. The SMILES string of the molecule is COC(=O)C(CO)NC(=O)/C=C/c1cccc(C)c1. The number of ether oxygens (including phenoxy) is 1. The monoisotopic (exact) mass is 263 g/mol. The Balaban J connectivity index is 2.62. The Morgan fingerprint density at radius 1 is 1.47 bits per heavy atom. The first-order valence-corrected chi connectivity index (χ1v) is 5.80. The summed E-state index contributed by atoms with van der Waals surface area (Å²) in [7, 11) is 1.19. The smallest absolute Gasteiger partial charge is 0.330 e. The molecule has 1 aromatic carbocycles. The van der Waals surface area contributed by atoms with Gasteiger partial charge >= 0.3 is 5.97 Å². The highest BCUT2D eigenvalue weighted by Crippen LogP contribution is 2.05. The summed E-state index contributed by atoms with van der Waals surface area (Å²) in [5, 5.41) is 11.3. The Bertz CT molecular complexity index is 482. The summed E-state index contributed by atoms with van der Waals surface area (Å²) in [4.78, 5) is 22.8. The van der Waals surface area contributed by atoms with Gasteiger partial charge in [0.1, 0.15) is 0 Å². The van der Waals surface area contributed by atoms with Crippen LogP contribution in [-0.4, -0.2) is 36.7 Å². The first-order valence-electron chi connectivity index (χ1n) is 5.80. The molecule has 0 fully saturated rings. The number of aliphatic hydroxyl groups excluding tert-OH is 1. The molecule has 0 radical (unpaired) electrons. The average Bonchev–Trinajstić information content (AvgIpc) is 2.41. The van der Waals surface area contributed by atoms with Gasteiger partial charge in [-0.05, 0) is 18.6 Å². The van der Waals surface area contributed by atoms with E-state index in [9.17, 15) is 9.59 Å². The summed E-state index contributed by atoms with van der Waals surface area (Å²) in [5.41, 5.74) is 1.97. The Hall–Kier alpha value is -2.14. The number of hydrogen-bond donors (Lipinski definition) is 2. The zero-order valence-electron chi connectivity index (χ0n) is 10.9. The first-order chi connectivity index (χ1) is 9.06. The predicted molar refractivity (Wildman–Crippen MR) is 71.2 cm³/mol. The maximum Gasteiger partial charge on any atom is 0.330 e. The van der Waals surface area contributed by atoms with Crippen molar-refractivity contribution in [1.82, 2.24) is 5.32 Å². The number of carbonyl (C=O) groups excluding carboxylic acids is 2. The van der Waals surface area contributed by atoms with Gasteiger partial charge in [0.05, 0.1) is 13.7 Å². The fraction of sp³-hybridized carbons (Fsp3) is 0.286. The van der Waals surface area contributed by atoms with Crippen LogP contribution in [0.25, 0.3) is 6.08 Å². The van der Waals surface area contributed by atoms with Gasteiger partial charge in [0.15, 0.2) is 6.04 Å². The number of rotatable bonds is 5. The molecule has 1 atom stereocenters. The third-order valence-electron chi connectivity index (χ3n) is 2.45. The van der Waals surface area contributed by atoms with Gasteiger partial charge < -0.3 is 15.2 Å². The van der Waals surface area contributed by atoms with Crippen molar-refractivity contribution in [3.05, 3.63) is 41.5 Å². The van der Waals surface area contributed by atoms with Crippen molar-refractivity contribution in [2.45, 2.75) is 13.0 Å². The van der Waals surface area contributed by atoms with Gasteiger partial charge in [-0.25, -0.2) is 4.79 Å². The third-order valence-corrected chi connectivity index (χ3v) is 2.45. The van der Waals surface area contributed by atoms with Crippen molar-refractivity contribution >= 4 is 18.0 Å². The molecule has 19 heavy (non-hydrogen) atoms. The van der Waals surface area contributed by atoms with Crippen LogP contribution >= 0.6 is 0 Å². The first kappa shape index (κ1) is 14.9. The molecule has 2 N–H and O–H groups in total. The number of esters is 1. The third kappa shape index (κ3) is 4.93. The van der Waals surface area contributed by atoms with Crippen LogP contribution in [0, 0.1) is 6.92 Å². The minimum atomic E-state index is -1.04. The minimum Gasteiger partial charge on any atom is -0.467 e. The second kappa shape index (κ2) is 7.33. The second-order valence-electron chi connectivity index (χ2n) is 4.01. The van der Waals surface area contributed by atoms with E-state index in [1.165, 1.54) is 13.2 Å². The van der Waals surface area contributed by atoms with Crippen molar-refractivity contribution in [2.24, 2.45) is 0 Å². The minimum absolute atomic E-state index is 0.467. The maximum atomic E-state index is 11.6. The van der Waals surface area contributed by atoms with Crippen LogP contribution in [0.3, 0.4) is 0 Å². The van der Waals surface area contributed by atoms with Crippen LogP contribution in [0.15, 0.2) is 30.3 Å². The zero-order valence-corrected chi connectivity index (χ0v) is 10.9. The van der Waals surface area contributed by atoms with E-state index in [-0.39, 0.29) is 0 Å². The molecule has 0 spiro atoms. The van der Waals surface area contributed by atoms with E-state index in [0.29, 0.717) is 0 Å². The van der Waals surface area contributed by atoms with Crippen LogP contribution in [0.1, 0.15) is 11.1 Å². The molecule has 0 aromatic heterocycles. The summed E-state index contributed by atoms with van der Waals surface area (Å²) in [6, 6.07) is 6.59. The largest absolute Gasteiger partial charge is 0.467 e. The fourth-order valence-corrected chi connectivity index (χ4v) is 1.49. The average molecular weight is 263 g/mol. The van der Waals surface area contributed by atoms with Gasteiger partial charge in [-0.1, -0.05) is 29.8 Å². The van der Waals surface area contributed by atoms with E-state index in [1.54, 1.807) is 6.08 Å². The van der Waals surface area contributed by atoms with Gasteiger partial charge in [0.2, 0.25) is 5.91 Å². The van der Waals surface area contributed by atoms with Crippen LogP contribution in [0.2, 0.25) is 0 Å². The van der Waals surface area contributed by atoms with E-state index in [0.717, 1.165) is 11.1 Å². The normalized spacial score (nSPS) is 12.2. The Labute approximate surface area is 111 Å². The van der Waals surface area contributed by atoms with Crippen molar-refractivity contribution in [1.29, 1.82) is 0 Å². The summed E-state index contributed by atoms with van der Waals surface area (Å²) in [6.07, 6.45) is 2.94. The van der Waals surface area contributed by atoms with E-state index in [4.69, 9.17) is 5.11 Å². The summed E-state index contributed by atoms with van der Waals surface area (Å²) >= 11 is 0. The number of aryl methyl sites for hydroxylation is 1. The maximum absolute atomic E-state index is 11.6. The molecule has 1 unspecified atom stereocenters. The molecule has 5 nitrogen and oxygen atoms in total. The van der Waals surface area contributed by atoms with Crippen molar-refractivity contribution < 1.29 is 19.4 Å². The standard InChI is InChI=1S/C14H17NO4/c1-10-4-3-5-11(8-10)6-7-13(17)15-12(9-16)14(18)19-2/h3-8,12,16H,9H2,1-2H3,(H,15,17)/b7-6+. The highest BCUT2D eigenvalue weighted by atomic mass is 16.5. The molecule has 5 heteroatoms. The highest BCUT2D eigenvalue weighted by molar-refractivity contribution is 5.94. The van der Waals surface area contributed by atoms with Crippen molar-refractivity contribution in [3.8, 4) is 0 Å². The molecule has 0 heterocycles. The number of benzene rings is 1. The Kier molecular flexibility index (Phi) is 5.75. The second-order valence-corrected chi connectivity index (χ2v) is 4.01. The molecule has 0 aliphatic carbocycles. The van der Waals surface area contributed by atoms with Crippen molar-refractivity contribution in [2.75, 3.05) is 13.7 Å². The fourth-order valence-electron chi connectivity index (χ4n) is 1.49. The van der Waals surface area contributed by atoms with E-state index in [1.807, 2.05) is 31.2 Å². The molecular weight excluding hydrogens is 246 g/mol. The Morgan fingerprint density at radius 3 is 2.79 bits per heavy atom. The molecule has 0 aliphatic heterocycles. The quantitative estimate of drug-likeness (QED) is 0.604. The van der Waals surface area contributed by atoms with E-state index >= 15 is 0 Å². The number of nitrogens with one attached hydrogen (secondary N) is 1. The van der Waals surface area contributed by atoms with E-state index in [2.05, 4.69) is 10.1 Å². The molecule has 0 saturated heterocycles. The van der Waals surface area contributed by atoms with Crippen LogP contribution < -0.4 is 5.32 Å². The summed E-state index contributed by atoms with van der Waals surface area (Å²) < 4.78 is 4.44. The van der Waals surface area contributed by atoms with Gasteiger partial charge in [0.25, 0.3) is 0 Å². The molecule has 0 bridgehead atoms. The molecule has 1 amide bonds. The highest BCUT2D eigenvalue weighted by Gasteiger charge is 2.18. The molecule has 102 valence electrons. The number of carbonyl (C=O) groups is 2. The van der Waals surface area contributed by atoms with Crippen LogP contribution in [0.4, 0.5) is 0 Å². The molecule has 0 saturated carbocycles. The number of methoxy groups -OCH3 is 1. The van der Waals surface area contributed by atoms with Gasteiger partial charge in [-0.2, -0.15) is 0 Å². The lowest BCUT2D eigenvalue weighted by molar-refractivity contribution is -0.145. The number of aliphatic hydroxyl groups is 1. The summed E-state index contributed by atoms with van der Waals surface area (Å²) in [5.74, 6) is -1.15. The molecule has 1 rings (SSSR count). The predicted octanol–water partition coefficient (Wildman–Crippen LogP) is 0.658. The number of hydrogen-bond acceptors (Lipinski definition) is 4. The lowest BCUT2D eigenvalue weighted by atomic mass is 10.1. The molecular formula is C14H17NO4. The van der Waals surface area contributed by atoms with Crippen molar-refractivity contribution in [3.63, 3.8) is 0 Å². The number of amides is 1. The lowest BCUT2D eigenvalue weighted by Gasteiger charge is -2.11. The summed E-state index contributed by atoms with van der Waals surface area (Å²) in [6.45, 7) is 1.45. The Morgan fingerprint density at radius 2 is 2.21 bits per heavy atom. The van der Waals surface area contributed by atoms with Gasteiger partial charge in [-0.3, -0.25) is 4.79 Å². The zero-order chi connectivity index (χ0) is 14.3. The lowest BCUT2D eigenvalue weighted by Crippen LogP contribution is -2.43. The van der Waals surface area contributed by atoms with Crippen LogP contribution in [-0.2, 0) is 14.3 Å². The van der Waals surface area contributed by atoms with Crippen LogP contribution in [0.5, 0.6) is 0 Å². The van der Waals surface area contributed by atoms with E-state index < -0.39 is 24.5 Å². The van der Waals surface area contributed by atoms with Gasteiger partial charge in [0, 0.05) is 6.08 Å². The topological polar surface area (TPSA) is 75.6 Å². The molecule has 0 aliphatic rings. The van der Waals surface area contributed by atoms with Gasteiger partial charge in [-0.15, -0.1) is 0 Å².